The number of β-amino-alcohol motifs (C(OH)–C–C–N with tert-alkyl or cyclic N) is 1. The van der Waals surface area contributed by atoms with E-state index in [1.807, 2.05) is 17.9 Å². The first-order chi connectivity index (χ1) is 10.6. The molecule has 6 heteroatoms. The number of aliphatic hydroxyl groups is 1. The maximum atomic E-state index is 13.4. The van der Waals surface area contributed by atoms with Crippen molar-refractivity contribution >= 4 is 5.91 Å². The number of aliphatic hydroxyl groups excluding tert-OH is 1. The molecule has 122 valence electrons. The van der Waals surface area contributed by atoms with Crippen LogP contribution in [0.2, 0.25) is 0 Å². The molecule has 0 saturated carbocycles. The van der Waals surface area contributed by atoms with E-state index >= 15 is 0 Å². The molecule has 1 fully saturated rings. The van der Waals surface area contributed by atoms with Crippen LogP contribution >= 0.6 is 0 Å². The number of nitrogens with one attached hydrogen (secondary N) is 1. The molecule has 1 aromatic rings. The highest BCUT2D eigenvalue weighted by molar-refractivity contribution is 5.78. The standard InChI is InChI=1S/C16H23FN2O3/c1-2-22-7-6-18-16(21)11-19-10-14(20)9-15(19)12-4-3-5-13(17)8-12/h3-5,8,14-15,20H,2,6-7,9-11H2,1H3,(H,18,21)/t14-,15+/m0/s1. The van der Waals surface area contributed by atoms with Gasteiger partial charge in [0.15, 0.2) is 0 Å². The summed E-state index contributed by atoms with van der Waals surface area (Å²) in [5, 5.41) is 12.7. The molecule has 1 aromatic carbocycles. The van der Waals surface area contributed by atoms with Gasteiger partial charge in [-0.1, -0.05) is 12.1 Å². The van der Waals surface area contributed by atoms with Gasteiger partial charge in [0.1, 0.15) is 5.82 Å². The molecule has 5 nitrogen and oxygen atoms in total. The van der Waals surface area contributed by atoms with Gasteiger partial charge in [0, 0.05) is 25.7 Å². The molecule has 1 heterocycles. The highest BCUT2D eigenvalue weighted by atomic mass is 19.1. The molecule has 0 aliphatic carbocycles. The minimum atomic E-state index is -0.496. The fourth-order valence-electron chi connectivity index (χ4n) is 2.76. The molecule has 0 spiro atoms. The highest BCUT2D eigenvalue weighted by Gasteiger charge is 2.33. The Bertz CT molecular complexity index is 498. The van der Waals surface area contributed by atoms with Crippen molar-refractivity contribution in [2.75, 3.05) is 32.8 Å². The van der Waals surface area contributed by atoms with Gasteiger partial charge in [-0.2, -0.15) is 0 Å². The Kier molecular flexibility index (Phi) is 6.30. The number of carbonyl (C=O) groups is 1. The molecule has 0 aromatic heterocycles. The number of hydrogen-bond donors (Lipinski definition) is 2. The third kappa shape index (κ3) is 4.76. The maximum Gasteiger partial charge on any atom is 0.234 e. The Morgan fingerprint density at radius 1 is 1.55 bits per heavy atom. The van der Waals surface area contributed by atoms with Crippen LogP contribution in [0.4, 0.5) is 4.39 Å². The first kappa shape index (κ1) is 16.9. The molecule has 1 saturated heterocycles. The van der Waals surface area contributed by atoms with Crippen LogP contribution in [0.5, 0.6) is 0 Å². The van der Waals surface area contributed by atoms with Crippen molar-refractivity contribution in [3.05, 3.63) is 35.6 Å². The summed E-state index contributed by atoms with van der Waals surface area (Å²) in [6, 6.07) is 6.19. The van der Waals surface area contributed by atoms with Crippen LogP contribution in [0, 0.1) is 5.82 Å². The summed E-state index contributed by atoms with van der Waals surface area (Å²) in [5.41, 5.74) is 0.790. The van der Waals surface area contributed by atoms with E-state index in [0.717, 1.165) is 5.56 Å². The number of halogens is 1. The van der Waals surface area contributed by atoms with Gasteiger partial charge in [0.2, 0.25) is 5.91 Å². The topological polar surface area (TPSA) is 61.8 Å². The van der Waals surface area contributed by atoms with Crippen LogP contribution in [-0.2, 0) is 9.53 Å². The van der Waals surface area contributed by atoms with Crippen LogP contribution < -0.4 is 5.32 Å². The summed E-state index contributed by atoms with van der Waals surface area (Å²) < 4.78 is 18.5. The van der Waals surface area contributed by atoms with Gasteiger partial charge in [-0.25, -0.2) is 4.39 Å². The summed E-state index contributed by atoms with van der Waals surface area (Å²) in [5.74, 6) is -0.421. The van der Waals surface area contributed by atoms with Gasteiger partial charge >= 0.3 is 0 Å². The number of ether oxygens (including phenoxy) is 1. The zero-order chi connectivity index (χ0) is 15.9. The Morgan fingerprint density at radius 2 is 2.36 bits per heavy atom. The van der Waals surface area contributed by atoms with Crippen molar-refractivity contribution in [3.63, 3.8) is 0 Å². The summed E-state index contributed by atoms with van der Waals surface area (Å²) in [6.07, 6.45) is 0.0138. The fourth-order valence-corrected chi connectivity index (χ4v) is 2.76. The van der Waals surface area contributed by atoms with Crippen molar-refractivity contribution in [2.45, 2.75) is 25.5 Å². The number of benzene rings is 1. The number of nitrogens with zero attached hydrogens (tertiary/aromatic N) is 1. The molecule has 22 heavy (non-hydrogen) atoms. The zero-order valence-electron chi connectivity index (χ0n) is 12.8. The summed E-state index contributed by atoms with van der Waals surface area (Å²) in [4.78, 5) is 13.8. The predicted octanol–water partition coefficient (Wildman–Crippen LogP) is 1.09. The number of amides is 1. The summed E-state index contributed by atoms with van der Waals surface area (Å²) >= 11 is 0. The monoisotopic (exact) mass is 310 g/mol. The molecule has 2 rings (SSSR count). The van der Waals surface area contributed by atoms with Crippen molar-refractivity contribution in [3.8, 4) is 0 Å². The smallest absolute Gasteiger partial charge is 0.234 e. The molecule has 0 bridgehead atoms. The number of carbonyl (C=O) groups excluding carboxylic acids is 1. The summed E-state index contributed by atoms with van der Waals surface area (Å²) in [7, 11) is 0. The molecule has 2 atom stereocenters. The molecule has 1 aliphatic heterocycles. The molecule has 1 aliphatic rings. The average molecular weight is 310 g/mol. The Hall–Kier alpha value is -1.50. The van der Waals surface area contributed by atoms with Crippen molar-refractivity contribution in [2.24, 2.45) is 0 Å². The maximum absolute atomic E-state index is 13.4. The lowest BCUT2D eigenvalue weighted by atomic mass is 10.0. The number of hydrogen-bond acceptors (Lipinski definition) is 4. The van der Waals surface area contributed by atoms with Crippen molar-refractivity contribution in [1.82, 2.24) is 10.2 Å². The third-order valence-corrected chi connectivity index (χ3v) is 3.73. The van der Waals surface area contributed by atoms with E-state index in [0.29, 0.717) is 32.7 Å². The van der Waals surface area contributed by atoms with E-state index in [1.165, 1.54) is 12.1 Å². The van der Waals surface area contributed by atoms with Crippen LogP contribution in [0.1, 0.15) is 24.9 Å². The molecular weight excluding hydrogens is 287 g/mol. The average Bonchev–Trinajstić information content (AvgIpc) is 2.84. The van der Waals surface area contributed by atoms with E-state index in [-0.39, 0.29) is 24.3 Å². The first-order valence-corrected chi connectivity index (χ1v) is 7.62. The van der Waals surface area contributed by atoms with Gasteiger partial charge in [-0.3, -0.25) is 9.69 Å². The van der Waals surface area contributed by atoms with Crippen LogP contribution in [0.3, 0.4) is 0 Å². The largest absolute Gasteiger partial charge is 0.392 e. The predicted molar refractivity (Wildman–Crippen MR) is 80.8 cm³/mol. The molecular formula is C16H23FN2O3. The van der Waals surface area contributed by atoms with E-state index in [2.05, 4.69) is 5.32 Å². The van der Waals surface area contributed by atoms with Gasteiger partial charge in [0.25, 0.3) is 0 Å². The van der Waals surface area contributed by atoms with Crippen LogP contribution in [0.15, 0.2) is 24.3 Å². The third-order valence-electron chi connectivity index (χ3n) is 3.73. The van der Waals surface area contributed by atoms with E-state index in [9.17, 15) is 14.3 Å². The van der Waals surface area contributed by atoms with Crippen molar-refractivity contribution < 1.29 is 19.0 Å². The Labute approximate surface area is 130 Å². The summed E-state index contributed by atoms with van der Waals surface area (Å²) in [6.45, 7) is 4.07. The van der Waals surface area contributed by atoms with Gasteiger partial charge in [-0.15, -0.1) is 0 Å². The molecule has 2 N–H and O–H groups in total. The van der Waals surface area contributed by atoms with E-state index < -0.39 is 6.10 Å². The number of rotatable bonds is 7. The molecule has 0 unspecified atom stereocenters. The second-order valence-electron chi connectivity index (χ2n) is 5.44. The van der Waals surface area contributed by atoms with Crippen LogP contribution in [0.25, 0.3) is 0 Å². The minimum absolute atomic E-state index is 0.116. The Morgan fingerprint density at radius 3 is 3.09 bits per heavy atom. The van der Waals surface area contributed by atoms with Crippen LogP contribution in [-0.4, -0.2) is 54.9 Å². The lowest BCUT2D eigenvalue weighted by Crippen LogP contribution is -2.38. The lowest BCUT2D eigenvalue weighted by Gasteiger charge is -2.23. The Balaban J connectivity index is 1.92. The highest BCUT2D eigenvalue weighted by Crippen LogP contribution is 2.31. The molecule has 1 amide bonds. The van der Waals surface area contributed by atoms with Crippen molar-refractivity contribution in [1.29, 1.82) is 0 Å². The zero-order valence-corrected chi connectivity index (χ0v) is 12.8. The van der Waals surface area contributed by atoms with E-state index in [4.69, 9.17) is 4.74 Å². The van der Waals surface area contributed by atoms with Gasteiger partial charge < -0.3 is 15.2 Å². The van der Waals surface area contributed by atoms with Gasteiger partial charge in [-0.05, 0) is 31.0 Å². The minimum Gasteiger partial charge on any atom is -0.392 e. The normalized spacial score (nSPS) is 22.0. The lowest BCUT2D eigenvalue weighted by molar-refractivity contribution is -0.122. The second-order valence-corrected chi connectivity index (χ2v) is 5.44. The number of likely N-dealkylation sites (tertiary alicyclic amines) is 1. The SMILES string of the molecule is CCOCCNC(=O)CN1C[C@@H](O)C[C@@H]1c1cccc(F)c1. The molecule has 0 radical (unpaired) electrons. The fraction of sp³-hybridized carbons (Fsp3) is 0.562. The van der Waals surface area contributed by atoms with E-state index in [1.54, 1.807) is 6.07 Å². The quantitative estimate of drug-likeness (QED) is 0.740. The first-order valence-electron chi connectivity index (χ1n) is 7.62. The second kappa shape index (κ2) is 8.22. The van der Waals surface area contributed by atoms with Gasteiger partial charge in [0.05, 0.1) is 19.3 Å².